The molecule has 13 heavy (non-hydrogen) atoms. The first-order chi connectivity index (χ1) is 6.08. The third-order valence-corrected chi connectivity index (χ3v) is 2.41. The highest BCUT2D eigenvalue weighted by Gasteiger charge is 2.26. The predicted octanol–water partition coefficient (Wildman–Crippen LogP) is 0.899. The van der Waals surface area contributed by atoms with Crippen LogP contribution in [0.4, 0.5) is 0 Å². The fourth-order valence-electron chi connectivity index (χ4n) is 1.60. The minimum Gasteiger partial charge on any atom is -0.352 e. The third-order valence-electron chi connectivity index (χ3n) is 2.41. The van der Waals surface area contributed by atoms with E-state index in [9.17, 15) is 4.79 Å². The van der Waals surface area contributed by atoms with Crippen LogP contribution >= 0.6 is 0 Å². The average molecular weight is 184 g/mol. The molecule has 0 unspecified atom stereocenters. The van der Waals surface area contributed by atoms with Gasteiger partial charge in [-0.05, 0) is 18.8 Å². The smallest absolute Gasteiger partial charge is 0.234 e. The lowest BCUT2D eigenvalue weighted by Crippen LogP contribution is -2.47. The summed E-state index contributed by atoms with van der Waals surface area (Å²) in [7, 11) is 0. The topological polar surface area (TPSA) is 41.1 Å². The van der Waals surface area contributed by atoms with Crippen LogP contribution < -0.4 is 10.6 Å². The third kappa shape index (κ3) is 3.77. The van der Waals surface area contributed by atoms with E-state index >= 15 is 0 Å². The summed E-state index contributed by atoms with van der Waals surface area (Å²) >= 11 is 0. The van der Waals surface area contributed by atoms with Crippen molar-refractivity contribution in [1.82, 2.24) is 10.6 Å². The van der Waals surface area contributed by atoms with Gasteiger partial charge in [-0.1, -0.05) is 20.8 Å². The predicted molar refractivity (Wildman–Crippen MR) is 53.5 cm³/mol. The fourth-order valence-corrected chi connectivity index (χ4v) is 1.60. The Bertz CT molecular complexity index is 174. The summed E-state index contributed by atoms with van der Waals surface area (Å²) in [5, 5.41) is 6.10. The van der Waals surface area contributed by atoms with Crippen molar-refractivity contribution in [2.75, 3.05) is 6.54 Å². The minimum absolute atomic E-state index is 0.130. The van der Waals surface area contributed by atoms with Crippen LogP contribution in [0.15, 0.2) is 0 Å². The number of carbonyl (C=O) groups is 1. The van der Waals surface area contributed by atoms with Gasteiger partial charge in [0.25, 0.3) is 0 Å². The normalized spacial score (nSPS) is 27.1. The molecule has 1 amide bonds. The summed E-state index contributed by atoms with van der Waals surface area (Å²) in [4.78, 5) is 11.3. The number of rotatable bonds is 4. The second-order valence-corrected chi connectivity index (χ2v) is 4.38. The molecule has 3 nitrogen and oxygen atoms in total. The Balaban J connectivity index is 2.05. The van der Waals surface area contributed by atoms with Gasteiger partial charge in [-0.2, -0.15) is 0 Å². The van der Waals surface area contributed by atoms with Crippen molar-refractivity contribution in [3.8, 4) is 0 Å². The molecule has 0 atom stereocenters. The lowest BCUT2D eigenvalue weighted by Gasteiger charge is -2.33. The summed E-state index contributed by atoms with van der Waals surface area (Å²) < 4.78 is 0. The van der Waals surface area contributed by atoms with Crippen LogP contribution in [-0.2, 0) is 4.79 Å². The first-order valence-electron chi connectivity index (χ1n) is 5.10. The Labute approximate surface area is 80.3 Å². The molecule has 0 aromatic carbocycles. The Morgan fingerprint density at radius 2 is 2.08 bits per heavy atom. The van der Waals surface area contributed by atoms with E-state index < -0.39 is 0 Å². The maximum absolute atomic E-state index is 11.3. The first-order valence-corrected chi connectivity index (χ1v) is 5.10. The number of amides is 1. The molecule has 0 saturated heterocycles. The Morgan fingerprint density at radius 1 is 1.46 bits per heavy atom. The number of hydrogen-bond acceptors (Lipinski definition) is 2. The molecule has 1 rings (SSSR count). The van der Waals surface area contributed by atoms with Crippen molar-refractivity contribution >= 4 is 5.91 Å². The molecule has 0 aliphatic heterocycles. The zero-order valence-corrected chi connectivity index (χ0v) is 8.76. The van der Waals surface area contributed by atoms with Gasteiger partial charge in [0.15, 0.2) is 0 Å². The summed E-state index contributed by atoms with van der Waals surface area (Å²) in [5.74, 6) is 0.925. The molecule has 76 valence electrons. The highest BCUT2D eigenvalue weighted by Crippen LogP contribution is 2.25. The van der Waals surface area contributed by atoms with Gasteiger partial charge in [-0.25, -0.2) is 0 Å². The van der Waals surface area contributed by atoms with Crippen molar-refractivity contribution in [2.24, 2.45) is 5.92 Å². The van der Waals surface area contributed by atoms with Crippen LogP contribution in [0, 0.1) is 5.92 Å². The summed E-state index contributed by atoms with van der Waals surface area (Å²) in [6, 6.07) is 0.822. The van der Waals surface area contributed by atoms with Crippen molar-refractivity contribution in [1.29, 1.82) is 0 Å². The first kappa shape index (κ1) is 10.5. The lowest BCUT2D eigenvalue weighted by molar-refractivity contribution is -0.121. The van der Waals surface area contributed by atoms with E-state index in [1.54, 1.807) is 0 Å². The molecule has 2 N–H and O–H groups in total. The second-order valence-electron chi connectivity index (χ2n) is 4.38. The van der Waals surface area contributed by atoms with E-state index in [1.165, 1.54) is 0 Å². The molecule has 0 bridgehead atoms. The summed E-state index contributed by atoms with van der Waals surface area (Å²) in [6.45, 7) is 6.75. The highest BCUT2D eigenvalue weighted by molar-refractivity contribution is 5.78. The number of nitrogens with one attached hydrogen (secondary N) is 2. The molecule has 1 saturated carbocycles. The highest BCUT2D eigenvalue weighted by atomic mass is 16.2. The van der Waals surface area contributed by atoms with Gasteiger partial charge in [-0.3, -0.25) is 4.79 Å². The molecule has 0 aromatic rings. The maximum Gasteiger partial charge on any atom is 0.234 e. The van der Waals surface area contributed by atoms with Crippen LogP contribution in [0.25, 0.3) is 0 Å². The zero-order chi connectivity index (χ0) is 9.84. The zero-order valence-electron chi connectivity index (χ0n) is 8.76. The molecule has 0 radical (unpaired) electrons. The Morgan fingerprint density at radius 3 is 2.54 bits per heavy atom. The van der Waals surface area contributed by atoms with E-state index in [1.807, 2.05) is 13.8 Å². The molecule has 1 aliphatic rings. The van der Waals surface area contributed by atoms with Gasteiger partial charge >= 0.3 is 0 Å². The van der Waals surface area contributed by atoms with E-state index in [2.05, 4.69) is 17.6 Å². The molecular weight excluding hydrogens is 164 g/mol. The number of hydrogen-bond donors (Lipinski definition) is 2. The van der Waals surface area contributed by atoms with E-state index in [4.69, 9.17) is 0 Å². The van der Waals surface area contributed by atoms with Crippen LogP contribution in [0.3, 0.4) is 0 Å². The van der Waals surface area contributed by atoms with Crippen LogP contribution in [0.1, 0.15) is 33.6 Å². The van der Waals surface area contributed by atoms with E-state index in [-0.39, 0.29) is 5.91 Å². The fraction of sp³-hybridized carbons (Fsp3) is 0.900. The van der Waals surface area contributed by atoms with Crippen molar-refractivity contribution in [2.45, 2.75) is 45.7 Å². The quantitative estimate of drug-likeness (QED) is 0.681. The van der Waals surface area contributed by atoms with Gasteiger partial charge in [0, 0.05) is 12.1 Å². The Kier molecular flexibility index (Phi) is 3.72. The second kappa shape index (κ2) is 4.61. The minimum atomic E-state index is 0.130. The van der Waals surface area contributed by atoms with Crippen molar-refractivity contribution in [3.05, 3.63) is 0 Å². The van der Waals surface area contributed by atoms with Gasteiger partial charge in [0.1, 0.15) is 0 Å². The lowest BCUT2D eigenvalue weighted by atomic mass is 9.82. The standard InChI is InChI=1S/C10H20N2O/c1-7(2)11-6-10(13)12-9-4-8(3)5-9/h7-9,11H,4-6H2,1-3H3,(H,12,13). The SMILES string of the molecule is CC1CC(NC(=O)CNC(C)C)C1. The molecule has 1 aliphatic carbocycles. The molecule has 0 spiro atoms. The van der Waals surface area contributed by atoms with Gasteiger partial charge < -0.3 is 10.6 Å². The summed E-state index contributed by atoms with van der Waals surface area (Å²) in [6.07, 6.45) is 2.29. The van der Waals surface area contributed by atoms with Crippen LogP contribution in [0.5, 0.6) is 0 Å². The van der Waals surface area contributed by atoms with Crippen LogP contribution in [-0.4, -0.2) is 24.5 Å². The average Bonchev–Trinajstić information content (AvgIpc) is 1.98. The van der Waals surface area contributed by atoms with E-state index in [0.29, 0.717) is 18.6 Å². The summed E-state index contributed by atoms with van der Waals surface area (Å²) in [5.41, 5.74) is 0. The molecule has 0 aromatic heterocycles. The molecule has 0 heterocycles. The van der Waals surface area contributed by atoms with E-state index in [0.717, 1.165) is 18.8 Å². The van der Waals surface area contributed by atoms with Crippen LogP contribution in [0.2, 0.25) is 0 Å². The van der Waals surface area contributed by atoms with Crippen molar-refractivity contribution < 1.29 is 4.79 Å². The molecular formula is C10H20N2O. The maximum atomic E-state index is 11.3. The monoisotopic (exact) mass is 184 g/mol. The van der Waals surface area contributed by atoms with Crippen molar-refractivity contribution in [3.63, 3.8) is 0 Å². The molecule has 1 fully saturated rings. The van der Waals surface area contributed by atoms with Gasteiger partial charge in [0.05, 0.1) is 6.54 Å². The molecule has 3 heteroatoms. The largest absolute Gasteiger partial charge is 0.352 e. The van der Waals surface area contributed by atoms with Gasteiger partial charge in [-0.15, -0.1) is 0 Å². The number of carbonyl (C=O) groups excluding carboxylic acids is 1. The Hall–Kier alpha value is -0.570. The van der Waals surface area contributed by atoms with Gasteiger partial charge in [0.2, 0.25) is 5.91 Å².